The normalized spacial score (nSPS) is 12.2. The molecule has 0 fully saturated rings. The van der Waals surface area contributed by atoms with Gasteiger partial charge in [0.1, 0.15) is 5.76 Å². The molecule has 1 aromatic carbocycles. The Balaban J connectivity index is 1.67. The van der Waals surface area contributed by atoms with E-state index in [9.17, 15) is 18.0 Å². The van der Waals surface area contributed by atoms with Crippen LogP contribution in [0, 0.1) is 5.41 Å². The van der Waals surface area contributed by atoms with Crippen molar-refractivity contribution >= 4 is 5.91 Å². The van der Waals surface area contributed by atoms with Crippen LogP contribution in [-0.4, -0.2) is 27.5 Å². The Morgan fingerprint density at radius 1 is 1.10 bits per heavy atom. The molecule has 0 bridgehead atoms. The summed E-state index contributed by atoms with van der Waals surface area (Å²) < 4.78 is 48.8. The summed E-state index contributed by atoms with van der Waals surface area (Å²) >= 11 is 0. The summed E-state index contributed by atoms with van der Waals surface area (Å²) in [6, 6.07) is 8.10. The first-order chi connectivity index (χ1) is 14.5. The molecule has 0 unspecified atom stereocenters. The van der Waals surface area contributed by atoms with Gasteiger partial charge in [0.25, 0.3) is 0 Å². The Bertz CT molecular complexity index is 988. The monoisotopic (exact) mass is 435 g/mol. The minimum absolute atomic E-state index is 0.0219. The molecule has 6 nitrogen and oxygen atoms in total. The van der Waals surface area contributed by atoms with Crippen molar-refractivity contribution in [2.24, 2.45) is 5.41 Å². The summed E-state index contributed by atoms with van der Waals surface area (Å²) in [6.07, 6.45) is -2.17. The van der Waals surface area contributed by atoms with Gasteiger partial charge in [-0.15, -0.1) is 0 Å². The van der Waals surface area contributed by atoms with Gasteiger partial charge in [-0.25, -0.2) is 0 Å². The fourth-order valence-electron chi connectivity index (χ4n) is 2.96. The Labute approximate surface area is 178 Å². The zero-order valence-corrected chi connectivity index (χ0v) is 17.6. The van der Waals surface area contributed by atoms with Gasteiger partial charge in [-0.1, -0.05) is 38.1 Å². The maximum atomic E-state index is 12.8. The number of alkyl halides is 3. The van der Waals surface area contributed by atoms with E-state index in [1.807, 2.05) is 20.8 Å². The van der Waals surface area contributed by atoms with E-state index in [1.165, 1.54) is 12.1 Å². The number of hydrogen-bond acceptors (Lipinski definition) is 5. The molecule has 0 N–H and O–H groups in total. The van der Waals surface area contributed by atoms with Crippen LogP contribution in [0.4, 0.5) is 13.2 Å². The standard InChI is InChI=1S/C22H24F3N3O3/c1-21(2,3)13-19(29)28(14-17-5-4-12-30-17)11-10-18-26-20(27-31-18)15-6-8-16(9-7-15)22(23,24)25/h4-9,12H,10-11,13-14H2,1-3H3. The molecule has 2 aromatic heterocycles. The van der Waals surface area contributed by atoms with Crippen LogP contribution in [0.25, 0.3) is 11.4 Å². The van der Waals surface area contributed by atoms with Gasteiger partial charge in [0, 0.05) is 24.9 Å². The summed E-state index contributed by atoms with van der Waals surface area (Å²) in [5.41, 5.74) is -0.496. The maximum Gasteiger partial charge on any atom is 0.416 e. The second-order valence-corrected chi connectivity index (χ2v) is 8.47. The highest BCUT2D eigenvalue weighted by Crippen LogP contribution is 2.30. The van der Waals surface area contributed by atoms with Crippen molar-refractivity contribution in [2.75, 3.05) is 6.54 Å². The molecule has 0 aliphatic heterocycles. The van der Waals surface area contributed by atoms with Crippen molar-refractivity contribution in [1.29, 1.82) is 0 Å². The van der Waals surface area contributed by atoms with Gasteiger partial charge in [-0.3, -0.25) is 4.79 Å². The van der Waals surface area contributed by atoms with Crippen molar-refractivity contribution in [3.05, 3.63) is 59.9 Å². The summed E-state index contributed by atoms with van der Waals surface area (Å²) in [5, 5.41) is 3.85. The highest BCUT2D eigenvalue weighted by molar-refractivity contribution is 5.76. The number of aromatic nitrogens is 2. The lowest BCUT2D eigenvalue weighted by atomic mass is 9.91. The molecule has 0 aliphatic rings. The molecular formula is C22H24F3N3O3. The molecule has 9 heteroatoms. The Morgan fingerprint density at radius 2 is 1.81 bits per heavy atom. The summed E-state index contributed by atoms with van der Waals surface area (Å²) in [5.74, 6) is 1.13. The molecule has 2 heterocycles. The number of halogens is 3. The number of carbonyl (C=O) groups excluding carboxylic acids is 1. The van der Waals surface area contributed by atoms with Gasteiger partial charge in [-0.2, -0.15) is 18.2 Å². The number of furan rings is 1. The van der Waals surface area contributed by atoms with E-state index < -0.39 is 11.7 Å². The molecule has 0 saturated heterocycles. The minimum atomic E-state index is -4.40. The maximum absolute atomic E-state index is 12.8. The predicted molar refractivity (Wildman–Crippen MR) is 107 cm³/mol. The van der Waals surface area contributed by atoms with Crippen LogP contribution in [0.3, 0.4) is 0 Å². The molecule has 0 spiro atoms. The molecule has 0 aliphatic carbocycles. The van der Waals surface area contributed by atoms with Gasteiger partial charge in [-0.05, 0) is 29.7 Å². The van der Waals surface area contributed by atoms with Crippen molar-refractivity contribution < 1.29 is 26.9 Å². The van der Waals surface area contributed by atoms with E-state index in [0.29, 0.717) is 43.1 Å². The van der Waals surface area contributed by atoms with Gasteiger partial charge in [0.15, 0.2) is 0 Å². The van der Waals surface area contributed by atoms with Crippen LogP contribution >= 0.6 is 0 Å². The topological polar surface area (TPSA) is 72.4 Å². The molecular weight excluding hydrogens is 411 g/mol. The van der Waals surface area contributed by atoms with E-state index in [-0.39, 0.29) is 17.1 Å². The smallest absolute Gasteiger partial charge is 0.416 e. The number of amides is 1. The van der Waals surface area contributed by atoms with E-state index >= 15 is 0 Å². The van der Waals surface area contributed by atoms with Crippen molar-refractivity contribution in [3.8, 4) is 11.4 Å². The lowest BCUT2D eigenvalue weighted by Crippen LogP contribution is -2.34. The molecule has 3 aromatic rings. The first-order valence-electron chi connectivity index (χ1n) is 9.82. The van der Waals surface area contributed by atoms with Crippen LogP contribution in [0.1, 0.15) is 44.4 Å². The third kappa shape index (κ3) is 6.44. The van der Waals surface area contributed by atoms with Crippen LogP contribution in [0.2, 0.25) is 0 Å². The summed E-state index contributed by atoms with van der Waals surface area (Å²) in [4.78, 5) is 18.7. The number of hydrogen-bond donors (Lipinski definition) is 0. The summed E-state index contributed by atoms with van der Waals surface area (Å²) in [6.45, 7) is 6.63. The van der Waals surface area contributed by atoms with Gasteiger partial charge in [0.2, 0.25) is 17.6 Å². The average Bonchev–Trinajstić information content (AvgIpc) is 3.35. The molecule has 166 valence electrons. The molecule has 3 rings (SSSR count). The zero-order valence-electron chi connectivity index (χ0n) is 17.6. The zero-order chi connectivity index (χ0) is 22.6. The molecule has 0 radical (unpaired) electrons. The second kappa shape index (κ2) is 8.95. The largest absolute Gasteiger partial charge is 0.467 e. The van der Waals surface area contributed by atoms with Crippen LogP contribution in [-0.2, 0) is 23.9 Å². The fraction of sp³-hybridized carbons (Fsp3) is 0.409. The predicted octanol–water partition coefficient (Wildman–Crippen LogP) is 5.36. The second-order valence-electron chi connectivity index (χ2n) is 8.47. The van der Waals surface area contributed by atoms with Crippen LogP contribution in [0.15, 0.2) is 51.6 Å². The highest BCUT2D eigenvalue weighted by Gasteiger charge is 2.30. The van der Waals surface area contributed by atoms with Crippen LogP contribution < -0.4 is 0 Å². The Kier molecular flexibility index (Phi) is 6.52. The number of benzene rings is 1. The van der Waals surface area contributed by atoms with Crippen molar-refractivity contribution in [1.82, 2.24) is 15.0 Å². The van der Waals surface area contributed by atoms with Crippen molar-refractivity contribution in [3.63, 3.8) is 0 Å². The minimum Gasteiger partial charge on any atom is -0.467 e. The quantitative estimate of drug-likeness (QED) is 0.500. The third-order valence-electron chi connectivity index (χ3n) is 4.50. The molecule has 1 amide bonds. The first kappa shape index (κ1) is 22.6. The number of rotatable bonds is 7. The fourth-order valence-corrected chi connectivity index (χ4v) is 2.96. The van der Waals surface area contributed by atoms with Crippen molar-refractivity contribution in [2.45, 2.75) is 46.3 Å². The molecule has 31 heavy (non-hydrogen) atoms. The van der Waals surface area contributed by atoms with E-state index in [2.05, 4.69) is 10.1 Å². The summed E-state index contributed by atoms with van der Waals surface area (Å²) in [7, 11) is 0. The van der Waals surface area contributed by atoms with E-state index in [1.54, 1.807) is 23.3 Å². The lowest BCUT2D eigenvalue weighted by Gasteiger charge is -2.25. The van der Waals surface area contributed by atoms with E-state index in [0.717, 1.165) is 12.1 Å². The first-order valence-corrected chi connectivity index (χ1v) is 9.82. The molecule has 0 atom stereocenters. The van der Waals surface area contributed by atoms with Gasteiger partial charge >= 0.3 is 6.18 Å². The Hall–Kier alpha value is -3.10. The average molecular weight is 435 g/mol. The van der Waals surface area contributed by atoms with Crippen LogP contribution in [0.5, 0.6) is 0 Å². The van der Waals surface area contributed by atoms with Gasteiger partial charge < -0.3 is 13.8 Å². The third-order valence-corrected chi connectivity index (χ3v) is 4.50. The van der Waals surface area contributed by atoms with E-state index in [4.69, 9.17) is 8.94 Å². The number of carbonyl (C=O) groups is 1. The SMILES string of the molecule is CC(C)(C)CC(=O)N(CCc1nc(-c2ccc(C(F)(F)F)cc2)no1)Cc1ccco1. The Morgan fingerprint density at radius 3 is 2.39 bits per heavy atom. The lowest BCUT2D eigenvalue weighted by molar-refractivity contribution is -0.137. The highest BCUT2D eigenvalue weighted by atomic mass is 19.4. The van der Waals surface area contributed by atoms with Gasteiger partial charge in [0.05, 0.1) is 18.4 Å². The number of nitrogens with zero attached hydrogens (tertiary/aromatic N) is 3. The molecule has 0 saturated carbocycles.